The normalized spacial score (nSPS) is 10.5. The number of amides is 1. The number of ether oxygens (including phenoxy) is 2. The van der Waals surface area contributed by atoms with Crippen LogP contribution < -0.4 is 10.1 Å². The smallest absolute Gasteiger partial charge is 0.357 e. The van der Waals surface area contributed by atoms with Gasteiger partial charge in [0, 0.05) is 26.6 Å². The molecule has 0 radical (unpaired) electrons. The number of pyridine rings is 1. The van der Waals surface area contributed by atoms with Crippen LogP contribution in [0.5, 0.6) is 5.75 Å². The largest absolute Gasteiger partial charge is 0.483 e. The second-order valence-corrected chi connectivity index (χ2v) is 7.08. The standard InChI is InChI=1S/C20H16BrClN2O4/c1-2-27-20(26)17-10-18(15-9-13(22)5-8-16(15)24-17)28-11-19(25)23-14-6-3-12(21)4-7-14/h3-10H,2,11H2,1H3,(H,23,25). The third kappa shape index (κ3) is 4.99. The van der Waals surface area contributed by atoms with Gasteiger partial charge in [-0.2, -0.15) is 0 Å². The number of halogens is 2. The molecule has 6 nitrogen and oxygen atoms in total. The predicted octanol–water partition coefficient (Wildman–Crippen LogP) is 4.84. The van der Waals surface area contributed by atoms with Crippen molar-refractivity contribution in [2.45, 2.75) is 6.92 Å². The van der Waals surface area contributed by atoms with Crippen LogP contribution in [0.4, 0.5) is 5.69 Å². The molecule has 0 saturated carbocycles. The summed E-state index contributed by atoms with van der Waals surface area (Å²) in [6.07, 6.45) is 0. The lowest BCUT2D eigenvalue weighted by molar-refractivity contribution is -0.118. The van der Waals surface area contributed by atoms with E-state index < -0.39 is 5.97 Å². The Morgan fingerprint density at radius 2 is 1.89 bits per heavy atom. The quantitative estimate of drug-likeness (QED) is 0.529. The minimum Gasteiger partial charge on any atom is -0.483 e. The van der Waals surface area contributed by atoms with Crippen molar-refractivity contribution in [1.82, 2.24) is 4.98 Å². The number of fused-ring (bicyclic) bond motifs is 1. The average molecular weight is 464 g/mol. The molecule has 0 spiro atoms. The third-order valence-electron chi connectivity index (χ3n) is 3.70. The van der Waals surface area contributed by atoms with Gasteiger partial charge in [0.1, 0.15) is 5.75 Å². The number of hydrogen-bond acceptors (Lipinski definition) is 5. The first-order valence-electron chi connectivity index (χ1n) is 8.42. The maximum Gasteiger partial charge on any atom is 0.357 e. The molecule has 3 rings (SSSR count). The lowest BCUT2D eigenvalue weighted by Crippen LogP contribution is -2.20. The summed E-state index contributed by atoms with van der Waals surface area (Å²) in [6, 6.07) is 13.6. The summed E-state index contributed by atoms with van der Waals surface area (Å²) in [4.78, 5) is 28.6. The number of anilines is 1. The molecule has 0 unspecified atom stereocenters. The fraction of sp³-hybridized carbons (Fsp3) is 0.150. The van der Waals surface area contributed by atoms with Crippen molar-refractivity contribution in [2.75, 3.05) is 18.5 Å². The van der Waals surface area contributed by atoms with Crippen molar-refractivity contribution in [1.29, 1.82) is 0 Å². The number of aromatic nitrogens is 1. The van der Waals surface area contributed by atoms with Gasteiger partial charge in [0.25, 0.3) is 5.91 Å². The molecule has 2 aromatic carbocycles. The Hall–Kier alpha value is -2.64. The minimum atomic E-state index is -0.566. The molecule has 0 saturated heterocycles. The number of rotatable bonds is 6. The fourth-order valence-corrected chi connectivity index (χ4v) is 2.91. The third-order valence-corrected chi connectivity index (χ3v) is 4.47. The summed E-state index contributed by atoms with van der Waals surface area (Å²) in [7, 11) is 0. The highest BCUT2D eigenvalue weighted by atomic mass is 79.9. The number of benzene rings is 2. The van der Waals surface area contributed by atoms with E-state index in [0.717, 1.165) is 4.47 Å². The number of nitrogens with one attached hydrogen (secondary N) is 1. The summed E-state index contributed by atoms with van der Waals surface area (Å²) in [5, 5.41) is 3.82. The molecule has 28 heavy (non-hydrogen) atoms. The summed E-state index contributed by atoms with van der Waals surface area (Å²) >= 11 is 9.41. The van der Waals surface area contributed by atoms with Gasteiger partial charge in [0.05, 0.1) is 12.1 Å². The first-order valence-corrected chi connectivity index (χ1v) is 9.59. The van der Waals surface area contributed by atoms with E-state index in [1.54, 1.807) is 37.3 Å². The summed E-state index contributed by atoms with van der Waals surface area (Å²) in [5.41, 5.74) is 1.25. The molecule has 0 aliphatic carbocycles. The van der Waals surface area contributed by atoms with Crippen molar-refractivity contribution in [2.24, 2.45) is 0 Å². The van der Waals surface area contributed by atoms with Gasteiger partial charge in [0.2, 0.25) is 0 Å². The van der Waals surface area contributed by atoms with Crippen LogP contribution >= 0.6 is 27.5 Å². The molecule has 0 fully saturated rings. The van der Waals surface area contributed by atoms with Crippen LogP contribution in [0.15, 0.2) is 53.0 Å². The number of esters is 1. The molecule has 0 bridgehead atoms. The predicted molar refractivity (Wildman–Crippen MR) is 111 cm³/mol. The minimum absolute atomic E-state index is 0.0972. The van der Waals surface area contributed by atoms with Crippen LogP contribution in [0.3, 0.4) is 0 Å². The second-order valence-electron chi connectivity index (χ2n) is 5.73. The highest BCUT2D eigenvalue weighted by molar-refractivity contribution is 9.10. The summed E-state index contributed by atoms with van der Waals surface area (Å²) in [5.74, 6) is -0.586. The summed E-state index contributed by atoms with van der Waals surface area (Å²) < 4.78 is 11.6. The van der Waals surface area contributed by atoms with Gasteiger partial charge in [0.15, 0.2) is 12.3 Å². The molecular formula is C20H16BrClN2O4. The molecule has 0 aliphatic rings. The molecule has 1 amide bonds. The monoisotopic (exact) mass is 462 g/mol. The highest BCUT2D eigenvalue weighted by Gasteiger charge is 2.15. The van der Waals surface area contributed by atoms with Crippen LogP contribution in [0.25, 0.3) is 10.9 Å². The highest BCUT2D eigenvalue weighted by Crippen LogP contribution is 2.28. The number of hydrogen-bond donors (Lipinski definition) is 1. The molecule has 1 N–H and O–H groups in total. The lowest BCUT2D eigenvalue weighted by atomic mass is 10.2. The van der Waals surface area contributed by atoms with Gasteiger partial charge >= 0.3 is 5.97 Å². The van der Waals surface area contributed by atoms with E-state index in [1.807, 2.05) is 12.1 Å². The Morgan fingerprint density at radius 1 is 1.14 bits per heavy atom. The zero-order valence-corrected chi connectivity index (χ0v) is 17.2. The molecule has 0 aliphatic heterocycles. The molecule has 0 atom stereocenters. The molecule has 1 heterocycles. The van der Waals surface area contributed by atoms with Crippen molar-refractivity contribution >= 4 is 56.0 Å². The molecule has 8 heteroatoms. The summed E-state index contributed by atoms with van der Waals surface area (Å²) in [6.45, 7) is 1.69. The fourth-order valence-electron chi connectivity index (χ4n) is 2.47. The Bertz CT molecular complexity index is 1020. The van der Waals surface area contributed by atoms with Gasteiger partial charge in [-0.1, -0.05) is 27.5 Å². The first kappa shape index (κ1) is 20.1. The van der Waals surface area contributed by atoms with Crippen LogP contribution in [-0.4, -0.2) is 30.1 Å². The van der Waals surface area contributed by atoms with Crippen molar-refractivity contribution in [3.05, 3.63) is 63.7 Å². The Labute approximate surface area is 174 Å². The zero-order chi connectivity index (χ0) is 20.1. The van der Waals surface area contributed by atoms with Gasteiger partial charge in [-0.3, -0.25) is 4.79 Å². The average Bonchev–Trinajstić information content (AvgIpc) is 2.68. The van der Waals surface area contributed by atoms with Crippen LogP contribution in [0.2, 0.25) is 5.02 Å². The second kappa shape index (κ2) is 9.03. The van der Waals surface area contributed by atoms with Gasteiger partial charge in [-0.15, -0.1) is 0 Å². The maximum atomic E-state index is 12.2. The van der Waals surface area contributed by atoms with E-state index in [-0.39, 0.29) is 24.8 Å². The molecule has 3 aromatic rings. The molecule has 144 valence electrons. The lowest BCUT2D eigenvalue weighted by Gasteiger charge is -2.12. The van der Waals surface area contributed by atoms with Gasteiger partial charge < -0.3 is 14.8 Å². The van der Waals surface area contributed by atoms with Crippen LogP contribution in [0.1, 0.15) is 17.4 Å². The van der Waals surface area contributed by atoms with E-state index >= 15 is 0 Å². The Kier molecular flexibility index (Phi) is 6.49. The first-order chi connectivity index (χ1) is 13.5. The van der Waals surface area contributed by atoms with E-state index in [2.05, 4.69) is 26.2 Å². The topological polar surface area (TPSA) is 77.5 Å². The van der Waals surface area contributed by atoms with Crippen LogP contribution in [0, 0.1) is 0 Å². The van der Waals surface area contributed by atoms with Crippen molar-refractivity contribution in [3.63, 3.8) is 0 Å². The van der Waals surface area contributed by atoms with Crippen LogP contribution in [-0.2, 0) is 9.53 Å². The molecule has 1 aromatic heterocycles. The number of nitrogens with zero attached hydrogens (tertiary/aromatic N) is 1. The van der Waals surface area contributed by atoms with Crippen molar-refractivity contribution in [3.8, 4) is 5.75 Å². The van der Waals surface area contributed by atoms with E-state index in [9.17, 15) is 9.59 Å². The van der Waals surface area contributed by atoms with Gasteiger partial charge in [-0.05, 0) is 49.4 Å². The van der Waals surface area contributed by atoms with E-state index in [0.29, 0.717) is 27.4 Å². The number of carbonyl (C=O) groups excluding carboxylic acids is 2. The number of carbonyl (C=O) groups is 2. The van der Waals surface area contributed by atoms with E-state index in [1.165, 1.54) is 6.07 Å². The molecular weight excluding hydrogens is 448 g/mol. The van der Waals surface area contributed by atoms with Gasteiger partial charge in [-0.25, -0.2) is 9.78 Å². The SMILES string of the molecule is CCOC(=O)c1cc(OCC(=O)Nc2ccc(Br)cc2)c2cc(Cl)ccc2n1. The van der Waals surface area contributed by atoms with E-state index in [4.69, 9.17) is 21.1 Å². The maximum absolute atomic E-state index is 12.2. The Balaban J connectivity index is 1.81. The Morgan fingerprint density at radius 3 is 2.61 bits per heavy atom. The van der Waals surface area contributed by atoms with Crippen molar-refractivity contribution < 1.29 is 19.1 Å². The zero-order valence-electron chi connectivity index (χ0n) is 14.9.